The van der Waals surface area contributed by atoms with E-state index in [4.69, 9.17) is 4.74 Å². The first-order valence-electron chi connectivity index (χ1n) is 8.92. The zero-order valence-corrected chi connectivity index (χ0v) is 17.2. The van der Waals surface area contributed by atoms with E-state index < -0.39 is 5.25 Å². The number of amidine groups is 1. The molecule has 0 unspecified atom stereocenters. The molecule has 0 aliphatic carbocycles. The standard InChI is InChI=1S/C21H23N3O3S/c1-13-9-10-15(11-14(13)2)22-21-24(3)19(25)12-18(28-21)20(26)23-16-7-5-6-8-17(16)27-4/h5-11,18H,12H2,1-4H3,(H,23,26)/t18-/m1/s1. The maximum absolute atomic E-state index is 12.8. The van der Waals surface area contributed by atoms with Gasteiger partial charge in [0.1, 0.15) is 11.0 Å². The summed E-state index contributed by atoms with van der Waals surface area (Å²) < 4.78 is 5.27. The van der Waals surface area contributed by atoms with E-state index in [1.54, 1.807) is 26.3 Å². The Bertz CT molecular complexity index is 942. The summed E-state index contributed by atoms with van der Waals surface area (Å²) in [4.78, 5) is 31.3. The van der Waals surface area contributed by atoms with E-state index >= 15 is 0 Å². The van der Waals surface area contributed by atoms with E-state index in [0.29, 0.717) is 16.6 Å². The number of hydrogen-bond donors (Lipinski definition) is 1. The number of ether oxygens (including phenoxy) is 1. The molecule has 1 aliphatic rings. The second kappa shape index (κ2) is 8.48. The molecule has 146 valence electrons. The van der Waals surface area contributed by atoms with Crippen LogP contribution in [0, 0.1) is 13.8 Å². The van der Waals surface area contributed by atoms with E-state index in [9.17, 15) is 9.59 Å². The molecule has 1 saturated heterocycles. The summed E-state index contributed by atoms with van der Waals surface area (Å²) in [7, 11) is 3.23. The van der Waals surface area contributed by atoms with Gasteiger partial charge in [0.2, 0.25) is 11.8 Å². The van der Waals surface area contributed by atoms with Gasteiger partial charge in [-0.15, -0.1) is 0 Å². The third-order valence-electron chi connectivity index (χ3n) is 4.64. The first-order chi connectivity index (χ1) is 13.4. The molecule has 28 heavy (non-hydrogen) atoms. The highest BCUT2D eigenvalue weighted by molar-refractivity contribution is 8.15. The monoisotopic (exact) mass is 397 g/mol. The van der Waals surface area contributed by atoms with Crippen LogP contribution in [-0.2, 0) is 9.59 Å². The lowest BCUT2D eigenvalue weighted by Gasteiger charge is -2.29. The van der Waals surface area contributed by atoms with Crippen LogP contribution in [-0.4, -0.2) is 41.3 Å². The predicted octanol–water partition coefficient (Wildman–Crippen LogP) is 3.90. The van der Waals surface area contributed by atoms with Crippen LogP contribution in [0.4, 0.5) is 11.4 Å². The van der Waals surface area contributed by atoms with Gasteiger partial charge in [-0.05, 0) is 49.2 Å². The molecule has 1 heterocycles. The van der Waals surface area contributed by atoms with Crippen LogP contribution < -0.4 is 10.1 Å². The number of carbonyl (C=O) groups excluding carboxylic acids is 2. The van der Waals surface area contributed by atoms with Crippen LogP contribution in [0.1, 0.15) is 17.5 Å². The molecule has 0 bridgehead atoms. The minimum Gasteiger partial charge on any atom is -0.495 e. The molecule has 3 rings (SSSR count). The molecule has 2 aromatic carbocycles. The molecular weight excluding hydrogens is 374 g/mol. The maximum atomic E-state index is 12.8. The van der Waals surface area contributed by atoms with Crippen molar-refractivity contribution in [3.63, 3.8) is 0 Å². The Morgan fingerprint density at radius 2 is 1.96 bits per heavy atom. The lowest BCUT2D eigenvalue weighted by atomic mass is 10.1. The summed E-state index contributed by atoms with van der Waals surface area (Å²) in [5, 5.41) is 2.81. The summed E-state index contributed by atoms with van der Waals surface area (Å²) in [5.41, 5.74) is 3.64. The number of thioether (sulfide) groups is 1. The number of nitrogens with zero attached hydrogens (tertiary/aromatic N) is 2. The number of benzene rings is 2. The van der Waals surface area contributed by atoms with Gasteiger partial charge in [0, 0.05) is 13.5 Å². The minimum atomic E-state index is -0.557. The van der Waals surface area contributed by atoms with Gasteiger partial charge in [-0.3, -0.25) is 14.5 Å². The van der Waals surface area contributed by atoms with Crippen molar-refractivity contribution in [3.05, 3.63) is 53.6 Å². The molecule has 1 N–H and O–H groups in total. The zero-order chi connectivity index (χ0) is 20.3. The van der Waals surface area contributed by atoms with Crippen molar-refractivity contribution in [3.8, 4) is 5.75 Å². The van der Waals surface area contributed by atoms with Gasteiger partial charge in [-0.25, -0.2) is 4.99 Å². The minimum absolute atomic E-state index is 0.119. The smallest absolute Gasteiger partial charge is 0.238 e. The summed E-state index contributed by atoms with van der Waals surface area (Å²) in [6.45, 7) is 4.06. The molecule has 0 radical (unpaired) electrons. The number of anilines is 1. The van der Waals surface area contributed by atoms with Crippen LogP contribution in [0.25, 0.3) is 0 Å². The molecule has 7 heteroatoms. The quantitative estimate of drug-likeness (QED) is 0.849. The Balaban J connectivity index is 1.81. The fourth-order valence-electron chi connectivity index (χ4n) is 2.76. The largest absolute Gasteiger partial charge is 0.495 e. The Labute approximate surface area is 169 Å². The van der Waals surface area contributed by atoms with Gasteiger partial charge in [0.15, 0.2) is 5.17 Å². The summed E-state index contributed by atoms with van der Waals surface area (Å²) in [6, 6.07) is 13.1. The van der Waals surface area contributed by atoms with Gasteiger partial charge in [0.25, 0.3) is 0 Å². The van der Waals surface area contributed by atoms with E-state index in [-0.39, 0.29) is 18.2 Å². The maximum Gasteiger partial charge on any atom is 0.238 e. The van der Waals surface area contributed by atoms with Crippen LogP contribution in [0.15, 0.2) is 47.5 Å². The number of methoxy groups -OCH3 is 1. The first-order valence-corrected chi connectivity index (χ1v) is 9.80. The predicted molar refractivity (Wildman–Crippen MR) is 113 cm³/mol. The zero-order valence-electron chi connectivity index (χ0n) is 16.4. The summed E-state index contributed by atoms with van der Waals surface area (Å²) in [5.74, 6) is 0.189. The summed E-state index contributed by atoms with van der Waals surface area (Å²) >= 11 is 1.29. The second-order valence-corrected chi connectivity index (χ2v) is 7.79. The fourth-order valence-corrected chi connectivity index (χ4v) is 3.83. The second-order valence-electron chi connectivity index (χ2n) is 6.62. The Morgan fingerprint density at radius 3 is 2.68 bits per heavy atom. The van der Waals surface area contributed by atoms with E-state index in [1.807, 2.05) is 44.2 Å². The van der Waals surface area contributed by atoms with Crippen molar-refractivity contribution < 1.29 is 14.3 Å². The lowest BCUT2D eigenvalue weighted by molar-refractivity contribution is -0.128. The number of para-hydroxylation sites is 2. The van der Waals surface area contributed by atoms with Crippen molar-refractivity contribution in [2.24, 2.45) is 4.99 Å². The first kappa shape index (κ1) is 19.9. The van der Waals surface area contributed by atoms with Crippen LogP contribution in [0.5, 0.6) is 5.75 Å². The fraction of sp³-hybridized carbons (Fsp3) is 0.286. The normalized spacial score (nSPS) is 18.3. The van der Waals surface area contributed by atoms with E-state index in [1.165, 1.54) is 22.2 Å². The highest BCUT2D eigenvalue weighted by Gasteiger charge is 2.34. The van der Waals surface area contributed by atoms with Gasteiger partial charge < -0.3 is 10.1 Å². The van der Waals surface area contributed by atoms with Crippen molar-refractivity contribution in [2.75, 3.05) is 19.5 Å². The SMILES string of the molecule is COc1ccccc1NC(=O)[C@H]1CC(=O)N(C)C(=Nc2ccc(C)c(C)c2)S1. The molecule has 0 aromatic heterocycles. The number of aryl methyl sites for hydroxylation is 2. The van der Waals surface area contributed by atoms with Crippen molar-refractivity contribution in [2.45, 2.75) is 25.5 Å². The number of nitrogens with one attached hydrogen (secondary N) is 1. The molecule has 2 aromatic rings. The van der Waals surface area contributed by atoms with Crippen LogP contribution in [0.3, 0.4) is 0 Å². The van der Waals surface area contributed by atoms with Gasteiger partial charge >= 0.3 is 0 Å². The van der Waals surface area contributed by atoms with Gasteiger partial charge in [-0.1, -0.05) is 30.0 Å². The number of hydrogen-bond acceptors (Lipinski definition) is 5. The Kier molecular flexibility index (Phi) is 6.04. The average Bonchev–Trinajstić information content (AvgIpc) is 2.68. The highest BCUT2D eigenvalue weighted by Crippen LogP contribution is 2.31. The molecule has 1 atom stereocenters. The molecular formula is C21H23N3O3S. The molecule has 0 saturated carbocycles. The summed E-state index contributed by atoms with van der Waals surface area (Å²) in [6.07, 6.45) is 0.119. The molecule has 2 amide bonds. The van der Waals surface area contributed by atoms with Crippen LogP contribution in [0.2, 0.25) is 0 Å². The van der Waals surface area contributed by atoms with Crippen molar-refractivity contribution in [1.29, 1.82) is 0 Å². The molecule has 6 nitrogen and oxygen atoms in total. The third kappa shape index (κ3) is 4.36. The molecule has 0 spiro atoms. The van der Waals surface area contributed by atoms with E-state index in [2.05, 4.69) is 10.3 Å². The van der Waals surface area contributed by atoms with Crippen molar-refractivity contribution >= 4 is 40.1 Å². The van der Waals surface area contributed by atoms with Crippen molar-refractivity contribution in [1.82, 2.24) is 4.90 Å². The van der Waals surface area contributed by atoms with Crippen LogP contribution >= 0.6 is 11.8 Å². The number of amides is 2. The van der Waals surface area contributed by atoms with Gasteiger partial charge in [0.05, 0.1) is 18.5 Å². The van der Waals surface area contributed by atoms with Gasteiger partial charge in [-0.2, -0.15) is 0 Å². The Morgan fingerprint density at radius 1 is 1.21 bits per heavy atom. The average molecular weight is 398 g/mol. The molecule has 1 aliphatic heterocycles. The lowest BCUT2D eigenvalue weighted by Crippen LogP contribution is -2.43. The number of carbonyl (C=O) groups is 2. The molecule has 1 fully saturated rings. The Hall–Kier alpha value is -2.80. The topological polar surface area (TPSA) is 71.0 Å². The highest BCUT2D eigenvalue weighted by atomic mass is 32.2. The van der Waals surface area contributed by atoms with E-state index in [0.717, 1.165) is 11.3 Å². The number of aliphatic imine (C=N–C) groups is 1. The third-order valence-corrected chi connectivity index (χ3v) is 5.88. The number of rotatable bonds is 4.